The van der Waals surface area contributed by atoms with Crippen molar-refractivity contribution in [2.75, 3.05) is 5.32 Å². The first-order chi connectivity index (χ1) is 15.0. The third kappa shape index (κ3) is 4.72. The molecule has 6 nitrogen and oxygen atoms in total. The van der Waals surface area contributed by atoms with Gasteiger partial charge in [0.25, 0.3) is 11.8 Å². The van der Waals surface area contributed by atoms with Gasteiger partial charge in [-0.15, -0.1) is 0 Å². The normalized spacial score (nSPS) is 10.6. The number of aryl methyl sites for hydroxylation is 1. The predicted octanol–water partition coefficient (Wildman–Crippen LogP) is 5.17. The van der Waals surface area contributed by atoms with Crippen LogP contribution >= 0.6 is 0 Å². The van der Waals surface area contributed by atoms with Crippen LogP contribution in [0.2, 0.25) is 0 Å². The number of halogens is 1. The molecule has 7 heteroatoms. The lowest BCUT2D eigenvalue weighted by Gasteiger charge is -2.10. The summed E-state index contributed by atoms with van der Waals surface area (Å²) < 4.78 is 23.9. The first-order valence-electron chi connectivity index (χ1n) is 9.58. The van der Waals surface area contributed by atoms with Crippen LogP contribution in [-0.2, 0) is 6.54 Å². The Labute approximate surface area is 177 Å². The molecule has 0 aliphatic carbocycles. The van der Waals surface area contributed by atoms with Gasteiger partial charge in [0, 0.05) is 16.8 Å². The SMILES string of the molecule is Cc1ccc(C(=O)NCc2ccc(-c3ccc(F)cc3)o2)cc1NC(=O)c1ccco1. The van der Waals surface area contributed by atoms with Gasteiger partial charge in [0.05, 0.1) is 12.8 Å². The van der Waals surface area contributed by atoms with Gasteiger partial charge in [0.1, 0.15) is 17.3 Å². The average molecular weight is 418 g/mol. The molecule has 0 spiro atoms. The molecule has 4 rings (SSSR count). The molecule has 31 heavy (non-hydrogen) atoms. The summed E-state index contributed by atoms with van der Waals surface area (Å²) in [5.41, 5.74) is 2.47. The Kier molecular flexibility index (Phi) is 5.66. The number of hydrogen-bond acceptors (Lipinski definition) is 4. The van der Waals surface area contributed by atoms with Gasteiger partial charge >= 0.3 is 0 Å². The molecule has 2 N–H and O–H groups in total. The highest BCUT2D eigenvalue weighted by Gasteiger charge is 2.14. The van der Waals surface area contributed by atoms with Gasteiger partial charge in [0.2, 0.25) is 0 Å². The maximum atomic E-state index is 13.1. The molecule has 2 aromatic heterocycles. The number of anilines is 1. The summed E-state index contributed by atoms with van der Waals surface area (Å²) >= 11 is 0. The van der Waals surface area contributed by atoms with Crippen molar-refractivity contribution in [1.29, 1.82) is 0 Å². The second-order valence-corrected chi connectivity index (χ2v) is 6.92. The monoisotopic (exact) mass is 418 g/mol. The van der Waals surface area contributed by atoms with E-state index in [1.165, 1.54) is 18.4 Å². The molecule has 0 aliphatic heterocycles. The lowest BCUT2D eigenvalue weighted by molar-refractivity contribution is 0.0946. The standard InChI is InChI=1S/C24H19FN2O4/c1-15-4-5-17(13-20(15)27-24(29)22-3-2-12-30-22)23(28)26-14-19-10-11-21(31-19)16-6-8-18(25)9-7-16/h2-13H,14H2,1H3,(H,26,28)(H,27,29). The Hall–Kier alpha value is -4.13. The van der Waals surface area contributed by atoms with Crippen LogP contribution in [0.25, 0.3) is 11.3 Å². The fraction of sp³-hybridized carbons (Fsp3) is 0.0833. The smallest absolute Gasteiger partial charge is 0.291 e. The van der Waals surface area contributed by atoms with E-state index in [0.29, 0.717) is 22.8 Å². The van der Waals surface area contributed by atoms with Gasteiger partial charge in [-0.05, 0) is 73.2 Å². The molecule has 0 unspecified atom stereocenters. The Morgan fingerprint density at radius 1 is 0.968 bits per heavy atom. The van der Waals surface area contributed by atoms with E-state index in [0.717, 1.165) is 11.1 Å². The van der Waals surface area contributed by atoms with E-state index >= 15 is 0 Å². The third-order valence-electron chi connectivity index (χ3n) is 4.71. The van der Waals surface area contributed by atoms with Crippen LogP contribution in [-0.4, -0.2) is 11.8 Å². The summed E-state index contributed by atoms with van der Waals surface area (Å²) in [5.74, 6) is 0.307. The van der Waals surface area contributed by atoms with Gasteiger partial charge in [-0.2, -0.15) is 0 Å². The summed E-state index contributed by atoms with van der Waals surface area (Å²) in [6.45, 7) is 2.02. The summed E-state index contributed by atoms with van der Waals surface area (Å²) in [5, 5.41) is 5.54. The predicted molar refractivity (Wildman–Crippen MR) is 113 cm³/mol. The third-order valence-corrected chi connectivity index (χ3v) is 4.71. The number of nitrogens with one attached hydrogen (secondary N) is 2. The molecule has 2 aromatic carbocycles. The van der Waals surface area contributed by atoms with Crippen molar-refractivity contribution in [1.82, 2.24) is 5.32 Å². The molecule has 0 radical (unpaired) electrons. The van der Waals surface area contributed by atoms with Crippen molar-refractivity contribution in [2.45, 2.75) is 13.5 Å². The molecular weight excluding hydrogens is 399 g/mol. The van der Waals surface area contributed by atoms with Crippen LogP contribution in [0.4, 0.5) is 10.1 Å². The molecular formula is C24H19FN2O4. The van der Waals surface area contributed by atoms with Crippen molar-refractivity contribution in [3.05, 3.63) is 101 Å². The van der Waals surface area contributed by atoms with Crippen molar-refractivity contribution in [3.8, 4) is 11.3 Å². The fourth-order valence-corrected chi connectivity index (χ4v) is 3.00. The number of amides is 2. The van der Waals surface area contributed by atoms with Gasteiger partial charge in [-0.3, -0.25) is 9.59 Å². The fourth-order valence-electron chi connectivity index (χ4n) is 3.00. The summed E-state index contributed by atoms with van der Waals surface area (Å²) in [7, 11) is 0. The van der Waals surface area contributed by atoms with Crippen molar-refractivity contribution >= 4 is 17.5 Å². The maximum Gasteiger partial charge on any atom is 0.291 e. The van der Waals surface area contributed by atoms with Crippen molar-refractivity contribution < 1.29 is 22.8 Å². The van der Waals surface area contributed by atoms with E-state index in [1.807, 2.05) is 6.92 Å². The molecule has 2 heterocycles. The highest BCUT2D eigenvalue weighted by Crippen LogP contribution is 2.23. The molecule has 2 amide bonds. The van der Waals surface area contributed by atoms with E-state index in [1.54, 1.807) is 54.6 Å². The number of benzene rings is 2. The van der Waals surface area contributed by atoms with E-state index in [-0.39, 0.29) is 24.0 Å². The summed E-state index contributed by atoms with van der Waals surface area (Å²) in [6, 6.07) is 17.7. The minimum Gasteiger partial charge on any atom is -0.459 e. The quantitative estimate of drug-likeness (QED) is 0.452. The highest BCUT2D eigenvalue weighted by molar-refractivity contribution is 6.03. The van der Waals surface area contributed by atoms with Crippen LogP contribution in [0.5, 0.6) is 0 Å². The van der Waals surface area contributed by atoms with Crippen LogP contribution in [0.15, 0.2) is 81.8 Å². The van der Waals surface area contributed by atoms with Gasteiger partial charge < -0.3 is 19.5 Å². The Morgan fingerprint density at radius 2 is 1.77 bits per heavy atom. The highest BCUT2D eigenvalue weighted by atomic mass is 19.1. The van der Waals surface area contributed by atoms with Gasteiger partial charge in [-0.25, -0.2) is 4.39 Å². The van der Waals surface area contributed by atoms with Gasteiger partial charge in [-0.1, -0.05) is 6.07 Å². The van der Waals surface area contributed by atoms with Crippen LogP contribution < -0.4 is 10.6 Å². The number of hydrogen-bond donors (Lipinski definition) is 2. The van der Waals surface area contributed by atoms with Crippen molar-refractivity contribution in [2.24, 2.45) is 0 Å². The van der Waals surface area contributed by atoms with E-state index in [4.69, 9.17) is 8.83 Å². The zero-order valence-electron chi connectivity index (χ0n) is 16.6. The lowest BCUT2D eigenvalue weighted by atomic mass is 10.1. The average Bonchev–Trinajstić information content (AvgIpc) is 3.46. The molecule has 0 aliphatic rings. The zero-order valence-corrected chi connectivity index (χ0v) is 16.6. The first-order valence-corrected chi connectivity index (χ1v) is 9.58. The van der Waals surface area contributed by atoms with E-state index in [9.17, 15) is 14.0 Å². The molecule has 4 aromatic rings. The van der Waals surface area contributed by atoms with Crippen LogP contribution in [0.1, 0.15) is 32.2 Å². The maximum absolute atomic E-state index is 13.1. The minimum atomic E-state index is -0.394. The minimum absolute atomic E-state index is 0.183. The lowest BCUT2D eigenvalue weighted by Crippen LogP contribution is -2.23. The molecule has 0 bridgehead atoms. The van der Waals surface area contributed by atoms with E-state index in [2.05, 4.69) is 10.6 Å². The molecule has 156 valence electrons. The molecule has 0 atom stereocenters. The van der Waals surface area contributed by atoms with Crippen molar-refractivity contribution in [3.63, 3.8) is 0 Å². The summed E-state index contributed by atoms with van der Waals surface area (Å²) in [6.07, 6.45) is 1.42. The van der Waals surface area contributed by atoms with Crippen LogP contribution in [0.3, 0.4) is 0 Å². The Balaban J connectivity index is 1.41. The van der Waals surface area contributed by atoms with E-state index < -0.39 is 5.91 Å². The number of carbonyl (C=O) groups is 2. The first kappa shape index (κ1) is 20.2. The topological polar surface area (TPSA) is 84.5 Å². The molecule has 0 saturated heterocycles. The second-order valence-electron chi connectivity index (χ2n) is 6.92. The number of furan rings is 2. The largest absolute Gasteiger partial charge is 0.459 e. The summed E-state index contributed by atoms with van der Waals surface area (Å²) in [4.78, 5) is 24.8. The number of rotatable bonds is 6. The molecule has 0 saturated carbocycles. The Morgan fingerprint density at radius 3 is 2.52 bits per heavy atom. The second kappa shape index (κ2) is 8.71. The Bertz CT molecular complexity index is 1210. The zero-order chi connectivity index (χ0) is 21.8. The van der Waals surface area contributed by atoms with Gasteiger partial charge in [0.15, 0.2) is 5.76 Å². The molecule has 0 fully saturated rings. The van der Waals surface area contributed by atoms with Crippen LogP contribution in [0, 0.1) is 12.7 Å². The number of carbonyl (C=O) groups excluding carboxylic acids is 2.